The summed E-state index contributed by atoms with van der Waals surface area (Å²) in [5.41, 5.74) is 0.651. The largest absolute Gasteiger partial charge is 0.573 e. The Morgan fingerprint density at radius 2 is 1.95 bits per heavy atom. The van der Waals surface area contributed by atoms with Crippen molar-refractivity contribution in [3.63, 3.8) is 0 Å². The number of ether oxygens (including phenoxy) is 2. The summed E-state index contributed by atoms with van der Waals surface area (Å²) in [5.74, 6) is -2.33. The van der Waals surface area contributed by atoms with Crippen molar-refractivity contribution in [3.8, 4) is 5.75 Å². The molecule has 1 fully saturated rings. The fourth-order valence-electron chi connectivity index (χ4n) is 3.64. The van der Waals surface area contributed by atoms with Gasteiger partial charge in [-0.1, -0.05) is 5.21 Å². The van der Waals surface area contributed by atoms with E-state index >= 15 is 0 Å². The number of nitrogens with one attached hydrogen (secondary N) is 2. The molecule has 0 bridgehead atoms. The summed E-state index contributed by atoms with van der Waals surface area (Å²) in [5, 5.41) is 21.0. The third-order valence-corrected chi connectivity index (χ3v) is 5.71. The van der Waals surface area contributed by atoms with Crippen LogP contribution in [-0.4, -0.2) is 62.6 Å². The standard InChI is InChI=1S/C24H25F4N7O4/c25-19-6-5-17(39-24(26,27)28)11-15(19)12-22(36)30-21-7-4-16(31-33-21)3-1-2-9-35-14-20(32-34-35)23(37)29-13-18-8-10-38-18/h4-7,11,14,18H,1-3,8-10,12-13H2,(H,29,37)(H,30,33,36). The molecule has 0 saturated carbocycles. The smallest absolute Gasteiger partial charge is 0.406 e. The number of anilines is 1. The number of benzene rings is 1. The van der Waals surface area contributed by atoms with Crippen LogP contribution in [0.2, 0.25) is 0 Å². The van der Waals surface area contributed by atoms with Gasteiger partial charge in [0, 0.05) is 25.3 Å². The van der Waals surface area contributed by atoms with Crippen LogP contribution >= 0.6 is 0 Å². The highest BCUT2D eigenvalue weighted by molar-refractivity contribution is 5.92. The molecule has 3 aromatic rings. The number of nitrogens with zero attached hydrogens (tertiary/aromatic N) is 5. The van der Waals surface area contributed by atoms with Crippen LogP contribution in [0.1, 0.15) is 41.0 Å². The van der Waals surface area contributed by atoms with E-state index in [9.17, 15) is 27.2 Å². The summed E-state index contributed by atoms with van der Waals surface area (Å²) in [6.45, 7) is 1.72. The van der Waals surface area contributed by atoms with Crippen LogP contribution in [0.25, 0.3) is 0 Å². The number of halogens is 4. The predicted octanol–water partition coefficient (Wildman–Crippen LogP) is 2.83. The molecule has 1 saturated heterocycles. The summed E-state index contributed by atoms with van der Waals surface area (Å²) in [7, 11) is 0. The quantitative estimate of drug-likeness (QED) is 0.259. The zero-order valence-electron chi connectivity index (χ0n) is 20.6. The minimum Gasteiger partial charge on any atom is -0.406 e. The van der Waals surface area contributed by atoms with Gasteiger partial charge in [-0.2, -0.15) is 5.10 Å². The number of unbranched alkanes of at least 4 members (excludes halogenated alkanes) is 1. The molecule has 1 aliphatic heterocycles. The maximum absolute atomic E-state index is 13.9. The van der Waals surface area contributed by atoms with Crippen LogP contribution in [0.5, 0.6) is 5.75 Å². The Bertz CT molecular complexity index is 1280. The van der Waals surface area contributed by atoms with Crippen LogP contribution in [-0.2, 0) is 28.9 Å². The molecule has 15 heteroatoms. The van der Waals surface area contributed by atoms with E-state index in [1.54, 1.807) is 16.9 Å². The summed E-state index contributed by atoms with van der Waals surface area (Å²) in [4.78, 5) is 24.3. The molecule has 1 aromatic carbocycles. The third kappa shape index (κ3) is 8.70. The van der Waals surface area contributed by atoms with E-state index in [0.29, 0.717) is 25.2 Å². The fourth-order valence-corrected chi connectivity index (χ4v) is 3.64. The van der Waals surface area contributed by atoms with Gasteiger partial charge in [-0.05, 0) is 56.0 Å². The average molecular weight is 552 g/mol. The molecule has 4 rings (SSSR count). The number of aryl methyl sites for hydroxylation is 2. The minimum atomic E-state index is -4.93. The van der Waals surface area contributed by atoms with E-state index < -0.39 is 30.3 Å². The maximum atomic E-state index is 13.9. The van der Waals surface area contributed by atoms with Gasteiger partial charge in [0.25, 0.3) is 5.91 Å². The van der Waals surface area contributed by atoms with Crippen LogP contribution < -0.4 is 15.4 Å². The number of alkyl halides is 3. The van der Waals surface area contributed by atoms with Crippen molar-refractivity contribution < 1.29 is 36.6 Å². The van der Waals surface area contributed by atoms with Gasteiger partial charge >= 0.3 is 6.36 Å². The number of amides is 2. The van der Waals surface area contributed by atoms with Crippen LogP contribution in [0.3, 0.4) is 0 Å². The Hall–Kier alpha value is -4.14. The van der Waals surface area contributed by atoms with Gasteiger partial charge in [-0.25, -0.2) is 4.39 Å². The Balaban J connectivity index is 1.17. The average Bonchev–Trinajstić information content (AvgIpc) is 3.32. The SMILES string of the molecule is O=C(Cc1cc(OC(F)(F)F)ccc1F)Nc1ccc(CCCCn2cc(C(=O)NCC3CCO3)nn2)nn1. The molecule has 1 aliphatic rings. The molecule has 208 valence electrons. The number of carbonyl (C=O) groups is 2. The molecule has 1 atom stereocenters. The lowest BCUT2D eigenvalue weighted by Gasteiger charge is -2.26. The van der Waals surface area contributed by atoms with E-state index in [0.717, 1.165) is 44.1 Å². The van der Waals surface area contributed by atoms with Crippen LogP contribution in [0.4, 0.5) is 23.4 Å². The second kappa shape index (κ2) is 12.6. The number of hydrogen-bond donors (Lipinski definition) is 2. The molecule has 0 spiro atoms. The van der Waals surface area contributed by atoms with Gasteiger partial charge in [0.1, 0.15) is 11.6 Å². The first-order chi connectivity index (χ1) is 18.6. The first kappa shape index (κ1) is 27.9. The van der Waals surface area contributed by atoms with Gasteiger partial charge in [-0.3, -0.25) is 14.3 Å². The molecular formula is C24H25F4N7O4. The molecule has 3 heterocycles. The van der Waals surface area contributed by atoms with Gasteiger partial charge in [0.15, 0.2) is 11.5 Å². The third-order valence-electron chi connectivity index (χ3n) is 5.71. The van der Waals surface area contributed by atoms with Crippen molar-refractivity contribution in [1.29, 1.82) is 0 Å². The van der Waals surface area contributed by atoms with E-state index in [4.69, 9.17) is 4.74 Å². The monoisotopic (exact) mass is 551 g/mol. The zero-order chi connectivity index (χ0) is 27.8. The topological polar surface area (TPSA) is 133 Å². The lowest BCUT2D eigenvalue weighted by molar-refractivity contribution is -0.274. The van der Waals surface area contributed by atoms with Gasteiger partial charge in [0.2, 0.25) is 5.91 Å². The lowest BCUT2D eigenvalue weighted by atomic mass is 10.1. The molecular weight excluding hydrogens is 526 g/mol. The molecule has 11 nitrogen and oxygen atoms in total. The predicted molar refractivity (Wildman–Crippen MR) is 127 cm³/mol. The van der Waals surface area contributed by atoms with Gasteiger partial charge in [0.05, 0.1) is 24.4 Å². The van der Waals surface area contributed by atoms with E-state index in [-0.39, 0.29) is 29.1 Å². The van der Waals surface area contributed by atoms with Crippen molar-refractivity contribution in [1.82, 2.24) is 30.5 Å². The highest BCUT2D eigenvalue weighted by Crippen LogP contribution is 2.25. The number of hydrogen-bond acceptors (Lipinski definition) is 8. The molecule has 0 radical (unpaired) electrons. The van der Waals surface area contributed by atoms with E-state index in [1.165, 1.54) is 6.07 Å². The highest BCUT2D eigenvalue weighted by Gasteiger charge is 2.31. The fraction of sp³-hybridized carbons (Fsp3) is 0.417. The summed E-state index contributed by atoms with van der Waals surface area (Å²) in [6.07, 6.45) is -0.795. The van der Waals surface area contributed by atoms with Crippen LogP contribution in [0.15, 0.2) is 36.5 Å². The Kier molecular flexibility index (Phi) is 9.01. The normalized spacial score (nSPS) is 14.9. The molecule has 39 heavy (non-hydrogen) atoms. The lowest BCUT2D eigenvalue weighted by Crippen LogP contribution is -2.39. The first-order valence-corrected chi connectivity index (χ1v) is 12.1. The zero-order valence-corrected chi connectivity index (χ0v) is 20.6. The van der Waals surface area contributed by atoms with Gasteiger partial charge < -0.3 is 20.1 Å². The number of carbonyl (C=O) groups excluding carboxylic acids is 2. The molecule has 1 unspecified atom stereocenters. The minimum absolute atomic E-state index is 0.0648. The van der Waals surface area contributed by atoms with Crippen molar-refractivity contribution >= 4 is 17.6 Å². The molecule has 2 aromatic heterocycles. The van der Waals surface area contributed by atoms with Crippen LogP contribution in [0, 0.1) is 5.82 Å². The molecule has 0 aliphatic carbocycles. The summed E-state index contributed by atoms with van der Waals surface area (Å²) >= 11 is 0. The van der Waals surface area contributed by atoms with E-state index in [1.807, 2.05) is 0 Å². The van der Waals surface area contributed by atoms with Crippen molar-refractivity contribution in [2.24, 2.45) is 0 Å². The Morgan fingerprint density at radius 3 is 2.64 bits per heavy atom. The maximum Gasteiger partial charge on any atom is 0.573 e. The Labute approximate surface area is 219 Å². The second-order valence-corrected chi connectivity index (χ2v) is 8.75. The first-order valence-electron chi connectivity index (χ1n) is 12.1. The van der Waals surface area contributed by atoms with Crippen molar-refractivity contribution in [2.75, 3.05) is 18.5 Å². The number of rotatable bonds is 12. The van der Waals surface area contributed by atoms with Crippen molar-refractivity contribution in [3.05, 3.63) is 59.3 Å². The summed E-state index contributed by atoms with van der Waals surface area (Å²) in [6, 6.07) is 5.63. The van der Waals surface area contributed by atoms with E-state index in [2.05, 4.69) is 35.9 Å². The highest BCUT2D eigenvalue weighted by atomic mass is 19.4. The van der Waals surface area contributed by atoms with Gasteiger partial charge in [-0.15, -0.1) is 23.4 Å². The molecule has 2 amide bonds. The second-order valence-electron chi connectivity index (χ2n) is 8.75. The van der Waals surface area contributed by atoms with Crippen molar-refractivity contribution in [2.45, 2.75) is 51.1 Å². The molecule has 2 N–H and O–H groups in total. The Morgan fingerprint density at radius 1 is 1.13 bits per heavy atom. The summed E-state index contributed by atoms with van der Waals surface area (Å²) < 4.78 is 61.7. The number of aromatic nitrogens is 5.